The van der Waals surface area contributed by atoms with Crippen LogP contribution < -0.4 is 16.0 Å². The van der Waals surface area contributed by atoms with E-state index in [0.717, 1.165) is 12.1 Å². The van der Waals surface area contributed by atoms with E-state index in [9.17, 15) is 22.8 Å². The van der Waals surface area contributed by atoms with Crippen LogP contribution >= 0.6 is 11.8 Å². The van der Waals surface area contributed by atoms with E-state index in [1.165, 1.54) is 23.9 Å². The number of alkyl halides is 3. The third-order valence-corrected chi connectivity index (χ3v) is 5.89. The Kier molecular flexibility index (Phi) is 7.10. The normalized spacial score (nSPS) is 11.5. The molecule has 35 heavy (non-hydrogen) atoms. The molecule has 4 aromatic rings. The van der Waals surface area contributed by atoms with E-state index in [4.69, 9.17) is 4.74 Å². The zero-order valence-electron chi connectivity index (χ0n) is 18.4. The van der Waals surface area contributed by atoms with Crippen molar-refractivity contribution in [1.82, 2.24) is 24.7 Å². The molecule has 0 saturated heterocycles. The molecule has 8 nitrogen and oxygen atoms in total. The fraction of sp³-hybridized carbons (Fsp3) is 0.217. The van der Waals surface area contributed by atoms with Crippen molar-refractivity contribution in [2.45, 2.75) is 30.4 Å². The molecule has 0 aliphatic heterocycles. The highest BCUT2D eigenvalue weighted by Crippen LogP contribution is 2.32. The molecule has 2 N–H and O–H groups in total. The van der Waals surface area contributed by atoms with Crippen LogP contribution in [0.4, 0.5) is 13.2 Å². The third-order valence-electron chi connectivity index (χ3n) is 4.89. The van der Waals surface area contributed by atoms with Gasteiger partial charge in [-0.05, 0) is 42.8 Å². The summed E-state index contributed by atoms with van der Waals surface area (Å²) in [5, 5.41) is 8.88. The Morgan fingerprint density at radius 1 is 1.03 bits per heavy atom. The summed E-state index contributed by atoms with van der Waals surface area (Å²) in [4.78, 5) is 28.0. The lowest BCUT2D eigenvalue weighted by molar-refractivity contribution is -0.137. The van der Waals surface area contributed by atoms with Crippen molar-refractivity contribution in [2.75, 3.05) is 6.61 Å². The molecule has 2 heterocycles. The first-order valence-corrected chi connectivity index (χ1v) is 11.5. The van der Waals surface area contributed by atoms with Crippen LogP contribution in [0, 0.1) is 0 Å². The van der Waals surface area contributed by atoms with E-state index in [1.807, 2.05) is 6.92 Å². The van der Waals surface area contributed by atoms with Gasteiger partial charge in [0.1, 0.15) is 11.6 Å². The van der Waals surface area contributed by atoms with Gasteiger partial charge in [-0.1, -0.05) is 30.0 Å². The van der Waals surface area contributed by atoms with Crippen LogP contribution in [0.5, 0.6) is 5.75 Å². The summed E-state index contributed by atoms with van der Waals surface area (Å²) >= 11 is 1.22. The van der Waals surface area contributed by atoms with Gasteiger partial charge in [0.15, 0.2) is 5.16 Å². The number of benzene rings is 2. The number of nitrogens with zero attached hydrogens (tertiary/aromatic N) is 3. The average molecular weight is 504 g/mol. The molecule has 0 fully saturated rings. The molecular formula is C23H20F3N5O3S. The number of aromatic amines is 2. The van der Waals surface area contributed by atoms with Gasteiger partial charge in [0.2, 0.25) is 0 Å². The lowest BCUT2D eigenvalue weighted by Crippen LogP contribution is -2.23. The Labute approximate surface area is 201 Å². The van der Waals surface area contributed by atoms with Gasteiger partial charge < -0.3 is 9.72 Å². The Bertz CT molecular complexity index is 1400. The average Bonchev–Trinajstić information content (AvgIpc) is 3.19. The Hall–Kier alpha value is -3.80. The molecule has 182 valence electrons. The largest absolute Gasteiger partial charge is 0.494 e. The molecule has 2 aromatic heterocycles. The lowest BCUT2D eigenvalue weighted by Gasteiger charge is -2.12. The zero-order valence-corrected chi connectivity index (χ0v) is 19.2. The molecule has 0 spiro atoms. The maximum Gasteiger partial charge on any atom is 0.416 e. The van der Waals surface area contributed by atoms with E-state index in [1.54, 1.807) is 34.9 Å². The van der Waals surface area contributed by atoms with E-state index in [2.05, 4.69) is 20.2 Å². The standard InChI is InChI=1S/C23H20F3N5O3S/c1-2-34-18-8-6-17(7-9-18)31-19(11-16-12-20(32)28-21(33)27-16)29-30-22(31)35-13-14-4-3-5-15(10-14)23(24,25)26/h3-10,12H,2,11,13H2,1H3,(H2,27,28,32,33). The van der Waals surface area contributed by atoms with Gasteiger partial charge in [-0.25, -0.2) is 4.79 Å². The highest BCUT2D eigenvalue weighted by Gasteiger charge is 2.30. The number of rotatable bonds is 8. The summed E-state index contributed by atoms with van der Waals surface area (Å²) in [5.41, 5.74) is -0.400. The maximum absolute atomic E-state index is 13.1. The van der Waals surface area contributed by atoms with Crippen molar-refractivity contribution in [1.29, 1.82) is 0 Å². The number of H-pyrrole nitrogens is 2. The molecule has 0 aliphatic rings. The topological polar surface area (TPSA) is 106 Å². The minimum absolute atomic E-state index is 0.101. The van der Waals surface area contributed by atoms with Gasteiger partial charge in [0.25, 0.3) is 5.56 Å². The van der Waals surface area contributed by atoms with Crippen molar-refractivity contribution in [3.05, 3.63) is 98.1 Å². The van der Waals surface area contributed by atoms with Gasteiger partial charge in [-0.2, -0.15) is 13.2 Å². The highest BCUT2D eigenvalue weighted by atomic mass is 32.2. The second-order valence-corrected chi connectivity index (χ2v) is 8.38. The monoisotopic (exact) mass is 503 g/mol. The van der Waals surface area contributed by atoms with Crippen LogP contribution in [0.2, 0.25) is 0 Å². The molecule has 12 heteroatoms. The number of thioether (sulfide) groups is 1. The van der Waals surface area contributed by atoms with Crippen LogP contribution in [0.15, 0.2) is 69.3 Å². The summed E-state index contributed by atoms with van der Waals surface area (Å²) in [5.74, 6) is 1.32. The van der Waals surface area contributed by atoms with Gasteiger partial charge >= 0.3 is 11.9 Å². The molecule has 0 radical (unpaired) electrons. The molecule has 0 amide bonds. The summed E-state index contributed by atoms with van der Waals surface area (Å²) in [7, 11) is 0. The second kappa shape index (κ2) is 10.2. The van der Waals surface area contributed by atoms with Crippen LogP contribution in [-0.2, 0) is 18.3 Å². The lowest BCUT2D eigenvalue weighted by atomic mass is 10.1. The SMILES string of the molecule is CCOc1ccc(-n2c(Cc3cc(=O)[nH]c(=O)[nH]3)nnc2SCc2cccc(C(F)(F)F)c2)cc1. The van der Waals surface area contributed by atoms with Gasteiger partial charge in [-0.15, -0.1) is 10.2 Å². The number of hydrogen-bond donors (Lipinski definition) is 2. The van der Waals surface area contributed by atoms with Crippen molar-refractivity contribution in [3.8, 4) is 11.4 Å². The smallest absolute Gasteiger partial charge is 0.416 e. The molecule has 2 aromatic carbocycles. The van der Waals surface area contributed by atoms with Crippen LogP contribution in [0.1, 0.15) is 29.6 Å². The van der Waals surface area contributed by atoms with Gasteiger partial charge in [0, 0.05) is 29.6 Å². The highest BCUT2D eigenvalue weighted by molar-refractivity contribution is 7.98. The first-order chi connectivity index (χ1) is 16.7. The zero-order chi connectivity index (χ0) is 25.0. The second-order valence-electron chi connectivity index (χ2n) is 7.44. The van der Waals surface area contributed by atoms with Crippen molar-refractivity contribution in [2.24, 2.45) is 0 Å². The van der Waals surface area contributed by atoms with E-state index < -0.39 is 23.0 Å². The van der Waals surface area contributed by atoms with E-state index in [-0.39, 0.29) is 12.2 Å². The van der Waals surface area contributed by atoms with E-state index in [0.29, 0.717) is 40.3 Å². The summed E-state index contributed by atoms with van der Waals surface area (Å²) in [6, 6.07) is 13.5. The molecule has 0 unspecified atom stereocenters. The Morgan fingerprint density at radius 2 is 1.80 bits per heavy atom. The predicted molar refractivity (Wildman–Crippen MR) is 124 cm³/mol. The predicted octanol–water partition coefficient (Wildman–Crippen LogP) is 3.94. The van der Waals surface area contributed by atoms with Crippen molar-refractivity contribution < 1.29 is 17.9 Å². The summed E-state index contributed by atoms with van der Waals surface area (Å²) in [6.45, 7) is 2.38. The quantitative estimate of drug-likeness (QED) is 0.353. The minimum Gasteiger partial charge on any atom is -0.494 e. The first-order valence-electron chi connectivity index (χ1n) is 10.5. The Balaban J connectivity index is 1.67. The van der Waals surface area contributed by atoms with Gasteiger partial charge in [-0.3, -0.25) is 14.3 Å². The molecule has 0 bridgehead atoms. The maximum atomic E-state index is 13.1. The first kappa shape index (κ1) is 24.3. The minimum atomic E-state index is -4.43. The van der Waals surface area contributed by atoms with Crippen LogP contribution in [-0.4, -0.2) is 31.3 Å². The van der Waals surface area contributed by atoms with E-state index >= 15 is 0 Å². The number of hydrogen-bond acceptors (Lipinski definition) is 6. The fourth-order valence-electron chi connectivity index (χ4n) is 3.40. The van der Waals surface area contributed by atoms with Gasteiger partial charge in [0.05, 0.1) is 12.2 Å². The number of nitrogens with one attached hydrogen (secondary N) is 2. The summed E-state index contributed by atoms with van der Waals surface area (Å²) < 4.78 is 46.5. The number of aromatic nitrogens is 5. The van der Waals surface area contributed by atoms with Crippen molar-refractivity contribution in [3.63, 3.8) is 0 Å². The molecule has 0 atom stereocenters. The Morgan fingerprint density at radius 3 is 2.49 bits per heavy atom. The molecule has 0 saturated carbocycles. The number of halogens is 3. The van der Waals surface area contributed by atoms with Crippen LogP contribution in [0.3, 0.4) is 0 Å². The third kappa shape index (κ3) is 6.01. The molecule has 0 aliphatic carbocycles. The van der Waals surface area contributed by atoms with Crippen LogP contribution in [0.25, 0.3) is 5.69 Å². The molecule has 4 rings (SSSR count). The van der Waals surface area contributed by atoms with Crippen molar-refractivity contribution >= 4 is 11.8 Å². The summed E-state index contributed by atoms with van der Waals surface area (Å²) in [6.07, 6.45) is -4.33. The molecular weight excluding hydrogens is 483 g/mol. The fourth-order valence-corrected chi connectivity index (χ4v) is 4.31. The number of ether oxygens (including phenoxy) is 1.